The summed E-state index contributed by atoms with van der Waals surface area (Å²) in [4.78, 5) is 11.5. The van der Waals surface area contributed by atoms with E-state index in [9.17, 15) is 13.6 Å². The first-order chi connectivity index (χ1) is 9.56. The van der Waals surface area contributed by atoms with E-state index in [0.717, 1.165) is 19.0 Å². The standard InChI is InChI=1S/C15H21F2NO2/c1-3-7-18-12(10-15(19)20-4-2)8-11-5-6-13(16)14(17)9-11/h5-6,9,12,18H,3-4,7-8,10H2,1-2H3. The number of hydrogen-bond donors (Lipinski definition) is 1. The van der Waals surface area contributed by atoms with E-state index >= 15 is 0 Å². The first-order valence-corrected chi connectivity index (χ1v) is 6.89. The van der Waals surface area contributed by atoms with E-state index in [1.54, 1.807) is 6.92 Å². The monoisotopic (exact) mass is 285 g/mol. The maximum atomic E-state index is 13.2. The molecule has 112 valence electrons. The number of carbonyl (C=O) groups excluding carboxylic acids is 1. The van der Waals surface area contributed by atoms with Gasteiger partial charge in [-0.05, 0) is 44.0 Å². The van der Waals surface area contributed by atoms with Gasteiger partial charge in [0.05, 0.1) is 13.0 Å². The predicted molar refractivity (Wildman–Crippen MR) is 73.4 cm³/mol. The van der Waals surface area contributed by atoms with Crippen LogP contribution in [0.15, 0.2) is 18.2 Å². The van der Waals surface area contributed by atoms with Gasteiger partial charge in [0.1, 0.15) is 0 Å². The Hall–Kier alpha value is -1.49. The molecule has 1 unspecified atom stereocenters. The molecule has 0 aliphatic carbocycles. The summed E-state index contributed by atoms with van der Waals surface area (Å²) in [6, 6.07) is 3.66. The maximum Gasteiger partial charge on any atom is 0.307 e. The third-order valence-corrected chi connectivity index (χ3v) is 2.87. The van der Waals surface area contributed by atoms with Crippen LogP contribution < -0.4 is 5.32 Å². The van der Waals surface area contributed by atoms with Crippen molar-refractivity contribution in [3.05, 3.63) is 35.4 Å². The summed E-state index contributed by atoms with van der Waals surface area (Å²) < 4.78 is 31.0. The van der Waals surface area contributed by atoms with Crippen LogP contribution in [0, 0.1) is 11.6 Å². The van der Waals surface area contributed by atoms with Crippen LogP contribution in [0.4, 0.5) is 8.78 Å². The molecule has 1 aromatic carbocycles. The van der Waals surface area contributed by atoms with Gasteiger partial charge in [-0.2, -0.15) is 0 Å². The van der Waals surface area contributed by atoms with Crippen LogP contribution in [0.25, 0.3) is 0 Å². The summed E-state index contributed by atoms with van der Waals surface area (Å²) in [5.41, 5.74) is 0.654. The van der Waals surface area contributed by atoms with Crippen molar-refractivity contribution in [1.82, 2.24) is 5.32 Å². The number of nitrogens with one attached hydrogen (secondary N) is 1. The Balaban J connectivity index is 2.67. The lowest BCUT2D eigenvalue weighted by Gasteiger charge is -2.18. The van der Waals surface area contributed by atoms with Gasteiger partial charge in [-0.15, -0.1) is 0 Å². The summed E-state index contributed by atoms with van der Waals surface area (Å²) in [6.07, 6.45) is 1.60. The van der Waals surface area contributed by atoms with Gasteiger partial charge in [0, 0.05) is 6.04 Å². The highest BCUT2D eigenvalue weighted by Crippen LogP contribution is 2.12. The lowest BCUT2D eigenvalue weighted by Crippen LogP contribution is -2.34. The van der Waals surface area contributed by atoms with Crippen molar-refractivity contribution in [3.63, 3.8) is 0 Å². The van der Waals surface area contributed by atoms with Crippen molar-refractivity contribution >= 4 is 5.97 Å². The third-order valence-electron chi connectivity index (χ3n) is 2.87. The molecule has 0 aliphatic heterocycles. The summed E-state index contributed by atoms with van der Waals surface area (Å²) in [6.45, 7) is 4.87. The minimum atomic E-state index is -0.868. The van der Waals surface area contributed by atoms with E-state index in [1.165, 1.54) is 12.1 Å². The van der Waals surface area contributed by atoms with Crippen molar-refractivity contribution in [3.8, 4) is 0 Å². The van der Waals surface area contributed by atoms with Gasteiger partial charge in [0.2, 0.25) is 0 Å². The molecule has 1 N–H and O–H groups in total. The smallest absolute Gasteiger partial charge is 0.307 e. The van der Waals surface area contributed by atoms with E-state index in [2.05, 4.69) is 5.32 Å². The molecule has 0 spiro atoms. The van der Waals surface area contributed by atoms with Gasteiger partial charge in [-0.25, -0.2) is 8.78 Å². The minimum absolute atomic E-state index is 0.140. The molecule has 0 aliphatic rings. The van der Waals surface area contributed by atoms with Gasteiger partial charge in [-0.1, -0.05) is 13.0 Å². The zero-order valence-corrected chi connectivity index (χ0v) is 11.9. The Morgan fingerprint density at radius 1 is 1.30 bits per heavy atom. The topological polar surface area (TPSA) is 38.3 Å². The molecule has 0 amide bonds. The quantitative estimate of drug-likeness (QED) is 0.746. The SMILES string of the molecule is CCCNC(CC(=O)OCC)Cc1ccc(F)c(F)c1. The Labute approximate surface area is 118 Å². The molecular formula is C15H21F2NO2. The van der Waals surface area contributed by atoms with Crippen LogP contribution in [-0.2, 0) is 16.0 Å². The minimum Gasteiger partial charge on any atom is -0.466 e. The average Bonchev–Trinajstić information content (AvgIpc) is 2.40. The Morgan fingerprint density at radius 2 is 2.05 bits per heavy atom. The van der Waals surface area contributed by atoms with E-state index in [4.69, 9.17) is 4.74 Å². The Kier molecular flexibility index (Phi) is 7.15. The first-order valence-electron chi connectivity index (χ1n) is 6.89. The fourth-order valence-electron chi connectivity index (χ4n) is 1.94. The number of rotatable bonds is 8. The molecule has 0 heterocycles. The van der Waals surface area contributed by atoms with Crippen LogP contribution in [0.2, 0.25) is 0 Å². The van der Waals surface area contributed by atoms with E-state index in [1.807, 2.05) is 6.92 Å². The molecule has 20 heavy (non-hydrogen) atoms. The molecule has 1 atom stereocenters. The number of esters is 1. The molecule has 3 nitrogen and oxygen atoms in total. The van der Waals surface area contributed by atoms with Gasteiger partial charge >= 0.3 is 5.97 Å². The summed E-state index contributed by atoms with van der Waals surface area (Å²) in [5.74, 6) is -2.02. The normalized spacial score (nSPS) is 12.2. The second kappa shape index (κ2) is 8.64. The largest absolute Gasteiger partial charge is 0.466 e. The van der Waals surface area contributed by atoms with Crippen LogP contribution >= 0.6 is 0 Å². The highest BCUT2D eigenvalue weighted by molar-refractivity contribution is 5.70. The number of halogens is 2. The highest BCUT2D eigenvalue weighted by atomic mass is 19.2. The van der Waals surface area contributed by atoms with Crippen LogP contribution in [-0.4, -0.2) is 25.2 Å². The summed E-state index contributed by atoms with van der Waals surface area (Å²) in [5, 5.41) is 3.22. The number of hydrogen-bond acceptors (Lipinski definition) is 3. The molecule has 0 aromatic heterocycles. The van der Waals surface area contributed by atoms with E-state index in [0.29, 0.717) is 18.6 Å². The third kappa shape index (κ3) is 5.65. The zero-order valence-electron chi connectivity index (χ0n) is 11.9. The molecule has 0 saturated heterocycles. The Morgan fingerprint density at radius 3 is 2.65 bits per heavy atom. The number of ether oxygens (including phenoxy) is 1. The molecular weight excluding hydrogens is 264 g/mol. The fourth-order valence-corrected chi connectivity index (χ4v) is 1.94. The van der Waals surface area contributed by atoms with Crippen molar-refractivity contribution in [2.75, 3.05) is 13.2 Å². The molecule has 0 radical (unpaired) electrons. The van der Waals surface area contributed by atoms with Crippen molar-refractivity contribution in [2.45, 2.75) is 39.2 Å². The summed E-state index contributed by atoms with van der Waals surface area (Å²) >= 11 is 0. The van der Waals surface area contributed by atoms with Gasteiger partial charge in [0.25, 0.3) is 0 Å². The van der Waals surface area contributed by atoms with E-state index in [-0.39, 0.29) is 18.4 Å². The van der Waals surface area contributed by atoms with E-state index < -0.39 is 11.6 Å². The highest BCUT2D eigenvalue weighted by Gasteiger charge is 2.15. The number of benzene rings is 1. The lowest BCUT2D eigenvalue weighted by molar-refractivity contribution is -0.143. The maximum absolute atomic E-state index is 13.2. The number of carbonyl (C=O) groups is 1. The second-order valence-electron chi connectivity index (χ2n) is 4.61. The molecule has 0 bridgehead atoms. The molecule has 1 rings (SSSR count). The van der Waals surface area contributed by atoms with Crippen molar-refractivity contribution in [1.29, 1.82) is 0 Å². The van der Waals surface area contributed by atoms with Crippen LogP contribution in [0.1, 0.15) is 32.3 Å². The first kappa shape index (κ1) is 16.6. The zero-order chi connectivity index (χ0) is 15.0. The van der Waals surface area contributed by atoms with Gasteiger partial charge < -0.3 is 10.1 Å². The van der Waals surface area contributed by atoms with Crippen molar-refractivity contribution < 1.29 is 18.3 Å². The second-order valence-corrected chi connectivity index (χ2v) is 4.61. The van der Waals surface area contributed by atoms with Crippen molar-refractivity contribution in [2.24, 2.45) is 0 Å². The predicted octanol–water partition coefficient (Wildman–Crippen LogP) is 2.83. The Bertz CT molecular complexity index is 438. The molecule has 5 heteroatoms. The average molecular weight is 285 g/mol. The molecule has 0 fully saturated rings. The van der Waals surface area contributed by atoms with Crippen LogP contribution in [0.5, 0.6) is 0 Å². The van der Waals surface area contributed by atoms with Crippen LogP contribution in [0.3, 0.4) is 0 Å². The molecule has 0 saturated carbocycles. The lowest BCUT2D eigenvalue weighted by atomic mass is 10.0. The molecule has 1 aromatic rings. The summed E-state index contributed by atoms with van der Waals surface area (Å²) in [7, 11) is 0. The van der Waals surface area contributed by atoms with Gasteiger partial charge in [-0.3, -0.25) is 4.79 Å². The fraction of sp³-hybridized carbons (Fsp3) is 0.533. The van der Waals surface area contributed by atoms with Gasteiger partial charge in [0.15, 0.2) is 11.6 Å².